The molecule has 0 atom stereocenters. The van der Waals surface area contributed by atoms with Crippen molar-refractivity contribution in [2.45, 2.75) is 6.54 Å². The zero-order valence-corrected chi connectivity index (χ0v) is 10.9. The first-order chi connectivity index (χ1) is 8.66. The highest BCUT2D eigenvalue weighted by Crippen LogP contribution is 2.14. The molecular weight excluding hydrogens is 271 g/mol. The zero-order valence-electron chi connectivity index (χ0n) is 9.36. The lowest BCUT2D eigenvalue weighted by atomic mass is 10.2. The topological polar surface area (TPSA) is 42.0 Å². The van der Waals surface area contributed by atoms with Crippen LogP contribution >= 0.6 is 23.2 Å². The van der Waals surface area contributed by atoms with Gasteiger partial charge in [-0.3, -0.25) is 9.78 Å². The van der Waals surface area contributed by atoms with Crippen LogP contribution in [0, 0.1) is 0 Å². The lowest BCUT2D eigenvalue weighted by Gasteiger charge is -2.06. The Bertz CT molecular complexity index is 572. The fourth-order valence-corrected chi connectivity index (χ4v) is 1.87. The number of amides is 1. The van der Waals surface area contributed by atoms with Crippen molar-refractivity contribution in [3.05, 3.63) is 63.9 Å². The number of nitrogens with zero attached hydrogens (tertiary/aromatic N) is 1. The van der Waals surface area contributed by atoms with Crippen LogP contribution in [-0.4, -0.2) is 10.9 Å². The zero-order chi connectivity index (χ0) is 13.0. The Morgan fingerprint density at radius 1 is 1.28 bits per heavy atom. The molecule has 1 amide bonds. The van der Waals surface area contributed by atoms with Crippen LogP contribution in [0.1, 0.15) is 15.9 Å². The first-order valence-corrected chi connectivity index (χ1v) is 6.04. The summed E-state index contributed by atoms with van der Waals surface area (Å²) in [6, 6.07) is 8.88. The second kappa shape index (κ2) is 5.85. The minimum Gasteiger partial charge on any atom is -0.348 e. The van der Waals surface area contributed by atoms with Gasteiger partial charge in [-0.15, -0.1) is 0 Å². The van der Waals surface area contributed by atoms with Crippen molar-refractivity contribution in [3.63, 3.8) is 0 Å². The third kappa shape index (κ3) is 3.22. The van der Waals surface area contributed by atoms with Gasteiger partial charge in [0, 0.05) is 24.0 Å². The molecule has 0 aliphatic carbocycles. The Labute approximate surface area is 115 Å². The summed E-state index contributed by atoms with van der Waals surface area (Å²) in [4.78, 5) is 15.7. The van der Waals surface area contributed by atoms with E-state index in [9.17, 15) is 4.79 Å². The summed E-state index contributed by atoms with van der Waals surface area (Å²) in [5.74, 6) is -0.256. The predicted octanol–water partition coefficient (Wildman–Crippen LogP) is 3.32. The van der Waals surface area contributed by atoms with Gasteiger partial charge in [0.1, 0.15) is 0 Å². The summed E-state index contributed by atoms with van der Waals surface area (Å²) < 4.78 is 0. The number of carbonyl (C=O) groups excluding carboxylic acids is 1. The van der Waals surface area contributed by atoms with E-state index in [1.807, 2.05) is 12.1 Å². The summed E-state index contributed by atoms with van der Waals surface area (Å²) >= 11 is 11.8. The summed E-state index contributed by atoms with van der Waals surface area (Å²) in [7, 11) is 0. The van der Waals surface area contributed by atoms with Crippen LogP contribution in [0.3, 0.4) is 0 Å². The highest BCUT2D eigenvalue weighted by atomic mass is 35.5. The normalized spacial score (nSPS) is 10.1. The second-order valence-corrected chi connectivity index (χ2v) is 4.51. The van der Waals surface area contributed by atoms with Gasteiger partial charge in [0.25, 0.3) is 5.91 Å². The smallest absolute Gasteiger partial charge is 0.254 e. The minimum absolute atomic E-state index is 0.256. The van der Waals surface area contributed by atoms with E-state index in [-0.39, 0.29) is 5.91 Å². The van der Waals surface area contributed by atoms with Crippen molar-refractivity contribution in [1.82, 2.24) is 10.3 Å². The standard InChI is InChI=1S/C13H10Cl2N2O/c14-10-3-1-2-9(6-10)7-17-13(18)11-8-16-5-4-12(11)15/h1-6,8H,7H2,(H,17,18). The highest BCUT2D eigenvalue weighted by molar-refractivity contribution is 6.33. The average molecular weight is 281 g/mol. The van der Waals surface area contributed by atoms with E-state index in [2.05, 4.69) is 10.3 Å². The van der Waals surface area contributed by atoms with Crippen LogP contribution in [0.25, 0.3) is 0 Å². The summed E-state index contributed by atoms with van der Waals surface area (Å²) in [6.45, 7) is 0.393. The molecule has 0 saturated heterocycles. The molecular formula is C13H10Cl2N2O. The molecule has 0 spiro atoms. The number of hydrogen-bond acceptors (Lipinski definition) is 2. The molecule has 0 aliphatic rings. The number of carbonyl (C=O) groups is 1. The molecule has 1 N–H and O–H groups in total. The average Bonchev–Trinajstić information content (AvgIpc) is 2.37. The van der Waals surface area contributed by atoms with Crippen LogP contribution in [0.5, 0.6) is 0 Å². The first kappa shape index (κ1) is 12.9. The van der Waals surface area contributed by atoms with E-state index in [0.717, 1.165) is 5.56 Å². The Kier molecular flexibility index (Phi) is 4.18. The lowest BCUT2D eigenvalue weighted by Crippen LogP contribution is -2.23. The van der Waals surface area contributed by atoms with E-state index in [1.165, 1.54) is 12.4 Å². The summed E-state index contributed by atoms with van der Waals surface area (Å²) in [6.07, 6.45) is 2.98. The third-order valence-electron chi connectivity index (χ3n) is 2.35. The fourth-order valence-electron chi connectivity index (χ4n) is 1.47. The molecule has 1 aromatic heterocycles. The molecule has 1 heterocycles. The Morgan fingerprint density at radius 3 is 2.83 bits per heavy atom. The molecule has 0 saturated carbocycles. The molecule has 92 valence electrons. The van der Waals surface area contributed by atoms with Crippen LogP contribution in [-0.2, 0) is 6.54 Å². The van der Waals surface area contributed by atoms with Crippen molar-refractivity contribution >= 4 is 29.1 Å². The van der Waals surface area contributed by atoms with Gasteiger partial charge >= 0.3 is 0 Å². The second-order valence-electron chi connectivity index (χ2n) is 3.67. The Balaban J connectivity index is 2.03. The quantitative estimate of drug-likeness (QED) is 0.937. The number of halogens is 2. The predicted molar refractivity (Wildman–Crippen MR) is 71.9 cm³/mol. The molecule has 0 fully saturated rings. The fraction of sp³-hybridized carbons (Fsp3) is 0.0769. The van der Waals surface area contributed by atoms with Crippen molar-refractivity contribution in [2.24, 2.45) is 0 Å². The largest absolute Gasteiger partial charge is 0.348 e. The molecule has 3 nitrogen and oxygen atoms in total. The van der Waals surface area contributed by atoms with Crippen LogP contribution < -0.4 is 5.32 Å². The van der Waals surface area contributed by atoms with Crippen LogP contribution in [0.15, 0.2) is 42.7 Å². The first-order valence-electron chi connectivity index (χ1n) is 5.29. The van der Waals surface area contributed by atoms with Gasteiger partial charge in [-0.25, -0.2) is 0 Å². The number of rotatable bonds is 3. The van der Waals surface area contributed by atoms with E-state index in [0.29, 0.717) is 22.2 Å². The molecule has 0 unspecified atom stereocenters. The van der Waals surface area contributed by atoms with Crippen molar-refractivity contribution < 1.29 is 4.79 Å². The number of hydrogen-bond donors (Lipinski definition) is 1. The van der Waals surface area contributed by atoms with Gasteiger partial charge in [-0.05, 0) is 23.8 Å². The number of pyridine rings is 1. The van der Waals surface area contributed by atoms with Gasteiger partial charge in [-0.1, -0.05) is 35.3 Å². The molecule has 2 aromatic rings. The molecule has 0 radical (unpaired) electrons. The number of benzene rings is 1. The maximum atomic E-state index is 11.9. The monoisotopic (exact) mass is 280 g/mol. The molecule has 2 rings (SSSR count). The van der Waals surface area contributed by atoms with Gasteiger partial charge in [-0.2, -0.15) is 0 Å². The van der Waals surface area contributed by atoms with E-state index in [4.69, 9.17) is 23.2 Å². The number of aromatic nitrogens is 1. The lowest BCUT2D eigenvalue weighted by molar-refractivity contribution is 0.0950. The van der Waals surface area contributed by atoms with E-state index < -0.39 is 0 Å². The number of nitrogens with one attached hydrogen (secondary N) is 1. The van der Waals surface area contributed by atoms with Crippen molar-refractivity contribution in [2.75, 3.05) is 0 Å². The van der Waals surface area contributed by atoms with Crippen molar-refractivity contribution in [3.8, 4) is 0 Å². The SMILES string of the molecule is O=C(NCc1cccc(Cl)c1)c1cnccc1Cl. The summed E-state index contributed by atoms with van der Waals surface area (Å²) in [5, 5.41) is 3.78. The Hall–Kier alpha value is -1.58. The minimum atomic E-state index is -0.256. The molecule has 1 aromatic carbocycles. The molecule has 5 heteroatoms. The Morgan fingerprint density at radius 2 is 2.11 bits per heavy atom. The van der Waals surface area contributed by atoms with Gasteiger partial charge in [0.05, 0.1) is 10.6 Å². The van der Waals surface area contributed by atoms with Gasteiger partial charge < -0.3 is 5.32 Å². The van der Waals surface area contributed by atoms with Crippen LogP contribution in [0.4, 0.5) is 0 Å². The maximum absolute atomic E-state index is 11.9. The molecule has 18 heavy (non-hydrogen) atoms. The van der Waals surface area contributed by atoms with Crippen molar-refractivity contribution in [1.29, 1.82) is 0 Å². The molecule has 0 bridgehead atoms. The van der Waals surface area contributed by atoms with Gasteiger partial charge in [0.15, 0.2) is 0 Å². The maximum Gasteiger partial charge on any atom is 0.254 e. The molecule has 0 aliphatic heterocycles. The van der Waals surface area contributed by atoms with Crippen LogP contribution in [0.2, 0.25) is 10.0 Å². The third-order valence-corrected chi connectivity index (χ3v) is 2.92. The van der Waals surface area contributed by atoms with Gasteiger partial charge in [0.2, 0.25) is 0 Å². The van der Waals surface area contributed by atoms with E-state index in [1.54, 1.807) is 18.2 Å². The highest BCUT2D eigenvalue weighted by Gasteiger charge is 2.09. The summed E-state index contributed by atoms with van der Waals surface area (Å²) in [5.41, 5.74) is 1.29. The van der Waals surface area contributed by atoms with E-state index >= 15 is 0 Å².